The number of allylic oxidation sites excluding steroid dienone is 8. The molecule has 0 rings (SSSR count). The van der Waals surface area contributed by atoms with Gasteiger partial charge in [0.25, 0.3) is 0 Å². The Morgan fingerprint density at radius 3 is 1.25 bits per heavy atom. The Morgan fingerprint density at radius 2 is 0.828 bits per heavy atom. The Labute approximate surface area is 395 Å². The van der Waals surface area contributed by atoms with Gasteiger partial charge in [-0.2, -0.15) is 0 Å². The maximum absolute atomic E-state index is 12.8. The van der Waals surface area contributed by atoms with Crippen molar-refractivity contribution in [3.63, 3.8) is 0 Å². The molecule has 2 unspecified atom stereocenters. The first-order chi connectivity index (χ1) is 31.1. The fourth-order valence-corrected chi connectivity index (χ4v) is 7.91. The van der Waals surface area contributed by atoms with Gasteiger partial charge in [0.05, 0.1) is 40.3 Å². The Bertz CT molecular complexity index is 1190. The zero-order valence-corrected chi connectivity index (χ0v) is 42.4. The number of carboxylic acid groups (broad SMARTS) is 1. The molecule has 0 aliphatic heterocycles. The molecule has 0 aromatic rings. The number of esters is 2. The molecule has 0 aromatic carbocycles. The quantitative estimate of drug-likeness (QED) is 0.0259. The van der Waals surface area contributed by atoms with Gasteiger partial charge in [0, 0.05) is 19.3 Å². The predicted octanol–water partition coefficient (Wildman–Crippen LogP) is 14.2. The van der Waals surface area contributed by atoms with E-state index in [9.17, 15) is 19.5 Å². The molecule has 8 heteroatoms. The van der Waals surface area contributed by atoms with Crippen LogP contribution in [0.5, 0.6) is 0 Å². The SMILES string of the molecule is CCCCC/C=C/C=C/C=C/C=C/CCCCCCCC(=O)OCC(COCCC(C(=O)[O-])[N+](C)(C)C)OC(=O)CCCCCCCCCCCCCCCCCCCCCCCC. The molecule has 0 radical (unpaired) electrons. The molecule has 0 heterocycles. The summed E-state index contributed by atoms with van der Waals surface area (Å²) in [5, 5.41) is 11.7. The number of hydrogen-bond acceptors (Lipinski definition) is 7. The number of hydrogen-bond donors (Lipinski definition) is 0. The van der Waals surface area contributed by atoms with Crippen molar-refractivity contribution in [2.45, 2.75) is 251 Å². The van der Waals surface area contributed by atoms with Gasteiger partial charge in [0.2, 0.25) is 0 Å². The largest absolute Gasteiger partial charge is 0.544 e. The van der Waals surface area contributed by atoms with Crippen molar-refractivity contribution >= 4 is 17.9 Å². The van der Waals surface area contributed by atoms with Gasteiger partial charge in [-0.25, -0.2) is 0 Å². The lowest BCUT2D eigenvalue weighted by atomic mass is 10.0. The summed E-state index contributed by atoms with van der Waals surface area (Å²) in [6.45, 7) is 4.63. The van der Waals surface area contributed by atoms with Gasteiger partial charge < -0.3 is 28.6 Å². The fourth-order valence-electron chi connectivity index (χ4n) is 7.91. The van der Waals surface area contributed by atoms with Gasteiger partial charge in [-0.05, 0) is 38.5 Å². The molecule has 0 saturated carbocycles. The Kier molecular flexibility index (Phi) is 44.8. The molecule has 0 amide bonds. The summed E-state index contributed by atoms with van der Waals surface area (Å²) in [7, 11) is 5.41. The van der Waals surface area contributed by atoms with Gasteiger partial charge in [0.1, 0.15) is 12.6 Å². The van der Waals surface area contributed by atoms with Crippen LogP contribution in [0.4, 0.5) is 0 Å². The van der Waals surface area contributed by atoms with E-state index in [-0.39, 0.29) is 42.7 Å². The van der Waals surface area contributed by atoms with Crippen LogP contribution in [0.25, 0.3) is 0 Å². The maximum atomic E-state index is 12.8. The number of ether oxygens (including phenoxy) is 3. The van der Waals surface area contributed by atoms with Crippen molar-refractivity contribution in [2.75, 3.05) is 41.0 Å². The number of nitrogens with zero attached hydrogens (tertiary/aromatic N) is 1. The van der Waals surface area contributed by atoms with Crippen molar-refractivity contribution in [1.82, 2.24) is 0 Å². The van der Waals surface area contributed by atoms with Gasteiger partial charge in [-0.15, -0.1) is 0 Å². The van der Waals surface area contributed by atoms with Crippen molar-refractivity contribution in [1.29, 1.82) is 0 Å². The molecule has 0 aliphatic carbocycles. The number of aliphatic carboxylic acids is 1. The topological polar surface area (TPSA) is 102 Å². The van der Waals surface area contributed by atoms with Gasteiger partial charge in [-0.1, -0.05) is 229 Å². The van der Waals surface area contributed by atoms with Crippen molar-refractivity contribution in [2.24, 2.45) is 0 Å². The molecule has 0 saturated heterocycles. The van der Waals surface area contributed by atoms with Crippen LogP contribution >= 0.6 is 0 Å². The third kappa shape index (κ3) is 44.5. The van der Waals surface area contributed by atoms with Crippen LogP contribution in [-0.4, -0.2) is 75.5 Å². The number of carbonyl (C=O) groups is 3. The molecule has 0 N–H and O–H groups in total. The standard InChI is InChI=1S/C56H101NO7/c1-6-8-10-12-14-16-18-20-22-24-26-27-28-29-31-33-35-37-39-41-43-45-47-55(59)64-52(50-62-49-48-53(56(60)61)57(3,4)5)51-63-54(58)46-44-42-40-38-36-34-32-30-25-23-21-19-17-15-13-11-9-7-2/h15,17,19,21,23,25,30,32,52-53H,6-14,16,18,20,22,24,26-29,31,33-51H2,1-5H3/b17-15+,21-19+,25-23+,32-30+. The molecule has 0 fully saturated rings. The summed E-state index contributed by atoms with van der Waals surface area (Å²) in [6, 6.07) is -0.730. The van der Waals surface area contributed by atoms with Crippen LogP contribution in [0.15, 0.2) is 48.6 Å². The van der Waals surface area contributed by atoms with Crippen LogP contribution in [0.2, 0.25) is 0 Å². The lowest BCUT2D eigenvalue weighted by molar-refractivity contribution is -0.889. The maximum Gasteiger partial charge on any atom is 0.306 e. The highest BCUT2D eigenvalue weighted by molar-refractivity contribution is 5.70. The monoisotopic (exact) mass is 900 g/mol. The molecule has 0 aromatic heterocycles. The van der Waals surface area contributed by atoms with E-state index in [0.29, 0.717) is 12.8 Å². The highest BCUT2D eigenvalue weighted by Crippen LogP contribution is 2.17. The van der Waals surface area contributed by atoms with Crippen LogP contribution in [-0.2, 0) is 28.6 Å². The first kappa shape index (κ1) is 61.3. The third-order valence-electron chi connectivity index (χ3n) is 12.1. The Morgan fingerprint density at radius 1 is 0.469 bits per heavy atom. The minimum absolute atomic E-state index is 0.0345. The molecule has 64 heavy (non-hydrogen) atoms. The minimum Gasteiger partial charge on any atom is -0.544 e. The number of likely N-dealkylation sites (N-methyl/N-ethyl adjacent to an activating group) is 1. The van der Waals surface area contributed by atoms with Crippen LogP contribution < -0.4 is 5.11 Å². The smallest absolute Gasteiger partial charge is 0.306 e. The molecule has 0 bridgehead atoms. The number of quaternary nitrogens is 1. The van der Waals surface area contributed by atoms with Crippen molar-refractivity contribution < 1.29 is 38.2 Å². The average molecular weight is 900 g/mol. The van der Waals surface area contributed by atoms with E-state index in [1.165, 1.54) is 141 Å². The van der Waals surface area contributed by atoms with Crippen molar-refractivity contribution in [3.05, 3.63) is 48.6 Å². The molecule has 372 valence electrons. The van der Waals surface area contributed by atoms with Gasteiger partial charge >= 0.3 is 11.9 Å². The van der Waals surface area contributed by atoms with E-state index in [0.717, 1.165) is 64.2 Å². The third-order valence-corrected chi connectivity index (χ3v) is 12.1. The zero-order chi connectivity index (χ0) is 47.0. The second-order valence-corrected chi connectivity index (χ2v) is 19.2. The molecular formula is C56H101NO7. The van der Waals surface area contributed by atoms with Gasteiger partial charge in [0.15, 0.2) is 6.10 Å². The normalized spacial score (nSPS) is 13.2. The zero-order valence-electron chi connectivity index (χ0n) is 42.4. The van der Waals surface area contributed by atoms with E-state index in [1.807, 2.05) is 0 Å². The minimum atomic E-state index is -1.13. The van der Waals surface area contributed by atoms with E-state index >= 15 is 0 Å². The van der Waals surface area contributed by atoms with Gasteiger partial charge in [-0.3, -0.25) is 9.59 Å². The van der Waals surface area contributed by atoms with E-state index < -0.39 is 18.1 Å². The number of carboxylic acids is 1. The summed E-state index contributed by atoms with van der Waals surface area (Å²) in [6.07, 6.45) is 57.1. The second-order valence-electron chi connectivity index (χ2n) is 19.2. The molecular weight excluding hydrogens is 799 g/mol. The van der Waals surface area contributed by atoms with E-state index in [2.05, 4.69) is 62.5 Å². The number of carbonyl (C=O) groups excluding carboxylic acids is 3. The molecule has 2 atom stereocenters. The van der Waals surface area contributed by atoms with Crippen LogP contribution in [0.3, 0.4) is 0 Å². The fraction of sp³-hybridized carbons (Fsp3) is 0.804. The van der Waals surface area contributed by atoms with Crippen LogP contribution in [0, 0.1) is 0 Å². The lowest BCUT2D eigenvalue weighted by Gasteiger charge is -2.34. The lowest BCUT2D eigenvalue weighted by Crippen LogP contribution is -2.55. The second kappa shape index (κ2) is 46.8. The molecule has 0 aliphatic rings. The summed E-state index contributed by atoms with van der Waals surface area (Å²) in [5.74, 6) is -1.75. The Hall–Kier alpha value is -2.71. The average Bonchev–Trinajstić information content (AvgIpc) is 3.26. The predicted molar refractivity (Wildman–Crippen MR) is 268 cm³/mol. The summed E-state index contributed by atoms with van der Waals surface area (Å²) in [5.41, 5.74) is 0. The summed E-state index contributed by atoms with van der Waals surface area (Å²) in [4.78, 5) is 37.1. The summed E-state index contributed by atoms with van der Waals surface area (Å²) >= 11 is 0. The molecule has 8 nitrogen and oxygen atoms in total. The van der Waals surface area contributed by atoms with Crippen LogP contribution in [0.1, 0.15) is 239 Å². The van der Waals surface area contributed by atoms with E-state index in [1.54, 1.807) is 21.1 Å². The highest BCUT2D eigenvalue weighted by Gasteiger charge is 2.25. The molecule has 0 spiro atoms. The van der Waals surface area contributed by atoms with E-state index in [4.69, 9.17) is 14.2 Å². The number of rotatable bonds is 48. The first-order valence-corrected chi connectivity index (χ1v) is 26.7. The van der Waals surface area contributed by atoms with Crippen molar-refractivity contribution in [3.8, 4) is 0 Å². The number of unbranched alkanes of at least 4 members (excludes halogenated alkanes) is 29. The highest BCUT2D eigenvalue weighted by atomic mass is 16.6. The first-order valence-electron chi connectivity index (χ1n) is 26.7. The summed E-state index contributed by atoms with van der Waals surface area (Å²) < 4.78 is 17.2. The Balaban J connectivity index is 4.24.